The monoisotopic (exact) mass is 394 g/mol. The standard InChI is InChI=1S/C20H30N2O6/c1-13(22(6)19(26)28-20(3,4)5)17(23)21-16(18(24)25)14(2)27-12-15-10-8-7-9-11-15/h7-11,13-14,16H,12H2,1-6H3,(H,21,23)(H,24,25)/t13-,14?,16?/m0/s1. The number of likely N-dealkylation sites (N-methyl/N-ethyl adjacent to an activating group) is 1. The average Bonchev–Trinajstić information content (AvgIpc) is 2.61. The van der Waals surface area contributed by atoms with Gasteiger partial charge in [0.25, 0.3) is 0 Å². The molecule has 2 amide bonds. The number of benzene rings is 1. The van der Waals surface area contributed by atoms with Crippen molar-refractivity contribution >= 4 is 18.0 Å². The molecule has 2 N–H and O–H groups in total. The van der Waals surface area contributed by atoms with E-state index in [1.54, 1.807) is 27.7 Å². The van der Waals surface area contributed by atoms with Crippen LogP contribution in [0.3, 0.4) is 0 Å². The Balaban J connectivity index is 2.69. The highest BCUT2D eigenvalue weighted by molar-refractivity contribution is 5.89. The topological polar surface area (TPSA) is 105 Å². The van der Waals surface area contributed by atoms with Gasteiger partial charge in [-0.2, -0.15) is 0 Å². The lowest BCUT2D eigenvalue weighted by Crippen LogP contribution is -2.55. The molecule has 0 spiro atoms. The van der Waals surface area contributed by atoms with Gasteiger partial charge in [0, 0.05) is 7.05 Å². The van der Waals surface area contributed by atoms with Gasteiger partial charge in [0.2, 0.25) is 5.91 Å². The van der Waals surface area contributed by atoms with Crippen LogP contribution in [0.5, 0.6) is 0 Å². The fraction of sp³-hybridized carbons (Fsp3) is 0.550. The van der Waals surface area contributed by atoms with E-state index in [2.05, 4.69) is 5.32 Å². The Kier molecular flexibility index (Phi) is 8.43. The lowest BCUT2D eigenvalue weighted by Gasteiger charge is -2.29. The van der Waals surface area contributed by atoms with Gasteiger partial charge in [-0.15, -0.1) is 0 Å². The van der Waals surface area contributed by atoms with Crippen LogP contribution in [0.2, 0.25) is 0 Å². The van der Waals surface area contributed by atoms with E-state index in [0.29, 0.717) is 0 Å². The van der Waals surface area contributed by atoms with Crippen LogP contribution in [0.4, 0.5) is 4.79 Å². The second-order valence-corrected chi connectivity index (χ2v) is 7.59. The zero-order chi connectivity index (χ0) is 21.5. The van der Waals surface area contributed by atoms with Crippen molar-refractivity contribution in [3.05, 3.63) is 35.9 Å². The predicted molar refractivity (Wildman–Crippen MR) is 104 cm³/mol. The van der Waals surface area contributed by atoms with Gasteiger partial charge in [0.15, 0.2) is 6.04 Å². The van der Waals surface area contributed by atoms with Gasteiger partial charge in [-0.25, -0.2) is 9.59 Å². The number of carboxylic acids is 1. The molecule has 0 fully saturated rings. The third kappa shape index (κ3) is 7.56. The van der Waals surface area contributed by atoms with E-state index in [1.807, 2.05) is 30.3 Å². The van der Waals surface area contributed by atoms with Gasteiger partial charge in [-0.1, -0.05) is 30.3 Å². The highest BCUT2D eigenvalue weighted by Gasteiger charge is 2.32. The number of ether oxygens (including phenoxy) is 2. The molecule has 0 radical (unpaired) electrons. The smallest absolute Gasteiger partial charge is 0.410 e. The zero-order valence-corrected chi connectivity index (χ0v) is 17.3. The second kappa shape index (κ2) is 10.1. The molecule has 3 atom stereocenters. The number of nitrogens with one attached hydrogen (secondary N) is 1. The maximum absolute atomic E-state index is 12.5. The third-order valence-electron chi connectivity index (χ3n) is 4.03. The molecule has 28 heavy (non-hydrogen) atoms. The summed E-state index contributed by atoms with van der Waals surface area (Å²) in [6.45, 7) is 8.44. The SMILES string of the molecule is CC(OCc1ccccc1)C(NC(=O)[C@H](C)N(C)C(=O)OC(C)(C)C)C(=O)O. The number of rotatable bonds is 8. The van der Waals surface area contributed by atoms with Gasteiger partial charge in [-0.05, 0) is 40.2 Å². The molecule has 0 aliphatic carbocycles. The summed E-state index contributed by atoms with van der Waals surface area (Å²) >= 11 is 0. The molecular formula is C20H30N2O6. The van der Waals surface area contributed by atoms with E-state index in [9.17, 15) is 19.5 Å². The Morgan fingerprint density at radius 1 is 1.14 bits per heavy atom. The summed E-state index contributed by atoms with van der Waals surface area (Å²) in [6.07, 6.45) is -1.45. The molecule has 1 rings (SSSR count). The second-order valence-electron chi connectivity index (χ2n) is 7.59. The van der Waals surface area contributed by atoms with Crippen LogP contribution in [0.25, 0.3) is 0 Å². The molecule has 1 aromatic rings. The van der Waals surface area contributed by atoms with Gasteiger partial charge in [0.1, 0.15) is 11.6 Å². The summed E-state index contributed by atoms with van der Waals surface area (Å²) in [5.41, 5.74) is 0.188. The van der Waals surface area contributed by atoms with Crippen molar-refractivity contribution in [2.24, 2.45) is 0 Å². The summed E-state index contributed by atoms with van der Waals surface area (Å²) in [5.74, 6) is -1.84. The zero-order valence-electron chi connectivity index (χ0n) is 17.3. The Hall–Kier alpha value is -2.61. The highest BCUT2D eigenvalue weighted by Crippen LogP contribution is 2.12. The van der Waals surface area contributed by atoms with E-state index >= 15 is 0 Å². The number of hydrogen-bond donors (Lipinski definition) is 2. The van der Waals surface area contributed by atoms with Gasteiger partial charge < -0.3 is 19.9 Å². The summed E-state index contributed by atoms with van der Waals surface area (Å²) in [6, 6.07) is 7.12. The average molecular weight is 394 g/mol. The number of amides is 2. The number of hydrogen-bond acceptors (Lipinski definition) is 5. The predicted octanol–water partition coefficient (Wildman–Crippen LogP) is 2.42. The van der Waals surface area contributed by atoms with Crippen molar-refractivity contribution in [3.8, 4) is 0 Å². The van der Waals surface area contributed by atoms with Crippen LogP contribution in [0, 0.1) is 0 Å². The van der Waals surface area contributed by atoms with E-state index in [1.165, 1.54) is 14.0 Å². The molecule has 2 unspecified atom stereocenters. The molecule has 0 saturated carbocycles. The van der Waals surface area contributed by atoms with Crippen LogP contribution >= 0.6 is 0 Å². The Morgan fingerprint density at radius 3 is 2.21 bits per heavy atom. The number of nitrogens with zero attached hydrogens (tertiary/aromatic N) is 1. The Labute approximate surface area is 165 Å². The molecule has 0 bridgehead atoms. The molecule has 0 aliphatic heterocycles. The minimum absolute atomic E-state index is 0.217. The number of aliphatic carboxylic acids is 1. The van der Waals surface area contributed by atoms with Crippen LogP contribution in [0.15, 0.2) is 30.3 Å². The Bertz CT molecular complexity index is 671. The number of carboxylic acid groups (broad SMARTS) is 1. The molecule has 0 heterocycles. The summed E-state index contributed by atoms with van der Waals surface area (Å²) in [5, 5.41) is 11.9. The largest absolute Gasteiger partial charge is 0.480 e. The van der Waals surface area contributed by atoms with Gasteiger partial charge in [0.05, 0.1) is 12.7 Å². The number of carbonyl (C=O) groups is 3. The summed E-state index contributed by atoms with van der Waals surface area (Å²) in [4.78, 5) is 37.3. The first-order chi connectivity index (χ1) is 12.9. The van der Waals surface area contributed by atoms with Gasteiger partial charge in [-0.3, -0.25) is 9.69 Å². The van der Waals surface area contributed by atoms with Crippen LogP contribution in [-0.4, -0.2) is 58.8 Å². The molecule has 0 aliphatic rings. The number of carbonyl (C=O) groups excluding carboxylic acids is 2. The van der Waals surface area contributed by atoms with Crippen molar-refractivity contribution in [2.45, 2.75) is 65.0 Å². The molecular weight excluding hydrogens is 364 g/mol. The van der Waals surface area contributed by atoms with Crippen molar-refractivity contribution in [2.75, 3.05) is 7.05 Å². The fourth-order valence-electron chi connectivity index (χ4n) is 2.22. The van der Waals surface area contributed by atoms with Crippen molar-refractivity contribution in [1.82, 2.24) is 10.2 Å². The maximum Gasteiger partial charge on any atom is 0.410 e. The first kappa shape index (κ1) is 23.4. The lowest BCUT2D eigenvalue weighted by molar-refractivity contribution is -0.147. The van der Waals surface area contributed by atoms with Crippen LogP contribution < -0.4 is 5.32 Å². The summed E-state index contributed by atoms with van der Waals surface area (Å²) < 4.78 is 10.8. The maximum atomic E-state index is 12.5. The van der Waals surface area contributed by atoms with E-state index in [-0.39, 0.29) is 6.61 Å². The fourth-order valence-corrected chi connectivity index (χ4v) is 2.22. The molecule has 156 valence electrons. The van der Waals surface area contributed by atoms with Crippen molar-refractivity contribution < 1.29 is 29.0 Å². The molecule has 8 heteroatoms. The summed E-state index contributed by atoms with van der Waals surface area (Å²) in [7, 11) is 1.42. The molecule has 0 saturated heterocycles. The minimum atomic E-state index is -1.26. The van der Waals surface area contributed by atoms with E-state index in [4.69, 9.17) is 9.47 Å². The van der Waals surface area contributed by atoms with Crippen LogP contribution in [-0.2, 0) is 25.7 Å². The van der Waals surface area contributed by atoms with E-state index < -0.39 is 41.8 Å². The Morgan fingerprint density at radius 2 is 1.71 bits per heavy atom. The molecule has 1 aromatic carbocycles. The third-order valence-corrected chi connectivity index (χ3v) is 4.03. The first-order valence-electron chi connectivity index (χ1n) is 9.07. The first-order valence-corrected chi connectivity index (χ1v) is 9.07. The van der Waals surface area contributed by atoms with Crippen molar-refractivity contribution in [3.63, 3.8) is 0 Å². The molecule has 8 nitrogen and oxygen atoms in total. The van der Waals surface area contributed by atoms with Gasteiger partial charge >= 0.3 is 12.1 Å². The van der Waals surface area contributed by atoms with Crippen LogP contribution in [0.1, 0.15) is 40.2 Å². The quantitative estimate of drug-likeness (QED) is 0.702. The minimum Gasteiger partial charge on any atom is -0.480 e. The van der Waals surface area contributed by atoms with E-state index in [0.717, 1.165) is 10.5 Å². The van der Waals surface area contributed by atoms with Crippen molar-refractivity contribution in [1.29, 1.82) is 0 Å². The molecule has 0 aromatic heterocycles. The lowest BCUT2D eigenvalue weighted by atomic mass is 10.1. The normalized spacial score (nSPS) is 14.5. The highest BCUT2D eigenvalue weighted by atomic mass is 16.6.